The van der Waals surface area contributed by atoms with Crippen molar-refractivity contribution in [3.63, 3.8) is 0 Å². The number of carbonyl (C=O) groups excluding carboxylic acids is 1. The zero-order valence-corrected chi connectivity index (χ0v) is 15.3. The van der Waals surface area contributed by atoms with Gasteiger partial charge < -0.3 is 10.1 Å². The molecule has 2 heterocycles. The molecule has 1 aliphatic heterocycles. The van der Waals surface area contributed by atoms with E-state index in [1.165, 1.54) is 32.1 Å². The molecule has 0 radical (unpaired) electrons. The summed E-state index contributed by atoms with van der Waals surface area (Å²) in [4.78, 5) is 17.2. The van der Waals surface area contributed by atoms with Gasteiger partial charge in [-0.3, -0.25) is 9.78 Å². The van der Waals surface area contributed by atoms with Crippen LogP contribution in [-0.4, -0.2) is 24.1 Å². The van der Waals surface area contributed by atoms with Gasteiger partial charge in [-0.2, -0.15) is 0 Å². The molecule has 3 aliphatic rings. The standard InChI is InChI=1S/C21H30N2O2/c1-21(9-10-21)18(15-3-2-4-15)13-20(24)23-17-5-6-19(22-14-17)16-7-11-25-12-8-16/h5-6,14-16,18H,2-4,7-13H2,1H3,(H,23,24). The zero-order valence-electron chi connectivity index (χ0n) is 15.3. The molecule has 1 atom stereocenters. The van der Waals surface area contributed by atoms with E-state index in [1.54, 1.807) is 0 Å². The van der Waals surface area contributed by atoms with Gasteiger partial charge in [0.1, 0.15) is 0 Å². The van der Waals surface area contributed by atoms with Crippen molar-refractivity contribution in [2.24, 2.45) is 17.3 Å². The number of amides is 1. The number of pyridine rings is 1. The molecule has 0 aromatic carbocycles. The Bertz CT molecular complexity index is 599. The zero-order chi connectivity index (χ0) is 17.3. The van der Waals surface area contributed by atoms with E-state index in [0.29, 0.717) is 23.7 Å². The lowest BCUT2D eigenvalue weighted by Gasteiger charge is -2.37. The maximum absolute atomic E-state index is 12.6. The Kier molecular flexibility index (Phi) is 4.81. The first kappa shape index (κ1) is 17.0. The predicted molar refractivity (Wildman–Crippen MR) is 98.4 cm³/mol. The average molecular weight is 342 g/mol. The number of aromatic nitrogens is 1. The molecule has 1 aromatic rings. The van der Waals surface area contributed by atoms with Crippen LogP contribution in [0.4, 0.5) is 5.69 Å². The van der Waals surface area contributed by atoms with Gasteiger partial charge in [-0.25, -0.2) is 0 Å². The van der Waals surface area contributed by atoms with Crippen LogP contribution in [-0.2, 0) is 9.53 Å². The highest BCUT2D eigenvalue weighted by Gasteiger charge is 2.49. The summed E-state index contributed by atoms with van der Waals surface area (Å²) in [5.74, 6) is 1.99. The van der Waals surface area contributed by atoms with Crippen molar-refractivity contribution in [2.75, 3.05) is 18.5 Å². The van der Waals surface area contributed by atoms with Crippen molar-refractivity contribution >= 4 is 11.6 Å². The summed E-state index contributed by atoms with van der Waals surface area (Å²) < 4.78 is 5.42. The third-order valence-corrected chi connectivity index (χ3v) is 6.77. The summed E-state index contributed by atoms with van der Waals surface area (Å²) in [7, 11) is 0. The van der Waals surface area contributed by atoms with Crippen molar-refractivity contribution in [3.05, 3.63) is 24.0 Å². The third-order valence-electron chi connectivity index (χ3n) is 6.77. The second-order valence-corrected chi connectivity index (χ2v) is 8.56. The fraction of sp³-hybridized carbons (Fsp3) is 0.714. The molecular weight excluding hydrogens is 312 g/mol. The van der Waals surface area contributed by atoms with Crippen molar-refractivity contribution in [3.8, 4) is 0 Å². The molecule has 4 nitrogen and oxygen atoms in total. The Morgan fingerprint density at radius 1 is 1.28 bits per heavy atom. The minimum absolute atomic E-state index is 0.158. The second-order valence-electron chi connectivity index (χ2n) is 8.56. The van der Waals surface area contributed by atoms with E-state index < -0.39 is 0 Å². The molecule has 2 aliphatic carbocycles. The van der Waals surface area contributed by atoms with Gasteiger partial charge in [-0.05, 0) is 55.1 Å². The summed E-state index contributed by atoms with van der Waals surface area (Å²) in [5.41, 5.74) is 2.38. The molecule has 4 rings (SSSR count). The number of anilines is 1. The van der Waals surface area contributed by atoms with Crippen molar-refractivity contribution in [1.82, 2.24) is 4.98 Å². The lowest BCUT2D eigenvalue weighted by Crippen LogP contribution is -2.32. The predicted octanol–water partition coefficient (Wildman–Crippen LogP) is 4.52. The first-order valence-electron chi connectivity index (χ1n) is 9.98. The molecule has 2 saturated carbocycles. The Labute approximate surface area is 150 Å². The normalized spacial score (nSPS) is 24.4. The fourth-order valence-electron chi connectivity index (χ4n) is 4.52. The van der Waals surface area contributed by atoms with E-state index in [-0.39, 0.29) is 5.91 Å². The van der Waals surface area contributed by atoms with Crippen molar-refractivity contribution in [1.29, 1.82) is 0 Å². The maximum Gasteiger partial charge on any atom is 0.224 e. The van der Waals surface area contributed by atoms with Gasteiger partial charge in [0.2, 0.25) is 5.91 Å². The van der Waals surface area contributed by atoms with Gasteiger partial charge in [-0.1, -0.05) is 26.2 Å². The van der Waals surface area contributed by atoms with Crippen LogP contribution in [0.3, 0.4) is 0 Å². The number of nitrogens with one attached hydrogen (secondary N) is 1. The summed E-state index contributed by atoms with van der Waals surface area (Å²) >= 11 is 0. The lowest BCUT2D eigenvalue weighted by molar-refractivity contribution is -0.118. The Hall–Kier alpha value is -1.42. The molecule has 3 fully saturated rings. The van der Waals surface area contributed by atoms with Crippen LogP contribution in [0.5, 0.6) is 0 Å². The van der Waals surface area contributed by atoms with Gasteiger partial charge >= 0.3 is 0 Å². The highest BCUT2D eigenvalue weighted by molar-refractivity contribution is 5.90. The van der Waals surface area contributed by atoms with Crippen molar-refractivity contribution < 1.29 is 9.53 Å². The molecular formula is C21H30N2O2. The summed E-state index contributed by atoms with van der Waals surface area (Å²) in [6.07, 6.45) is 11.1. The second kappa shape index (κ2) is 7.06. The molecule has 0 spiro atoms. The maximum atomic E-state index is 12.6. The van der Waals surface area contributed by atoms with Crippen LogP contribution in [0.1, 0.15) is 69.9 Å². The fourth-order valence-corrected chi connectivity index (χ4v) is 4.52. The minimum Gasteiger partial charge on any atom is -0.381 e. The van der Waals surface area contributed by atoms with Gasteiger partial charge in [0.05, 0.1) is 11.9 Å². The Morgan fingerprint density at radius 2 is 2.04 bits per heavy atom. The number of rotatable bonds is 6. The number of ether oxygens (including phenoxy) is 1. The molecule has 1 unspecified atom stereocenters. The summed E-state index contributed by atoms with van der Waals surface area (Å²) in [6, 6.07) is 4.07. The molecule has 1 saturated heterocycles. The Morgan fingerprint density at radius 3 is 2.60 bits per heavy atom. The van der Waals surface area contributed by atoms with E-state index in [2.05, 4.69) is 23.3 Å². The molecule has 25 heavy (non-hydrogen) atoms. The van der Waals surface area contributed by atoms with Crippen LogP contribution < -0.4 is 5.32 Å². The first-order chi connectivity index (χ1) is 12.1. The molecule has 1 N–H and O–H groups in total. The van der Waals surface area contributed by atoms with Crippen LogP contribution >= 0.6 is 0 Å². The molecule has 4 heteroatoms. The largest absolute Gasteiger partial charge is 0.381 e. The molecule has 0 bridgehead atoms. The molecule has 136 valence electrons. The lowest BCUT2D eigenvalue weighted by atomic mass is 9.68. The number of nitrogens with zero attached hydrogens (tertiary/aromatic N) is 1. The molecule has 1 aromatic heterocycles. The van der Waals surface area contributed by atoms with Crippen LogP contribution in [0.15, 0.2) is 18.3 Å². The van der Waals surface area contributed by atoms with E-state index in [1.807, 2.05) is 12.3 Å². The third kappa shape index (κ3) is 3.89. The average Bonchev–Trinajstić information content (AvgIpc) is 3.33. The van der Waals surface area contributed by atoms with Gasteiger partial charge in [0.25, 0.3) is 0 Å². The number of hydrogen-bond acceptors (Lipinski definition) is 3. The summed E-state index contributed by atoms with van der Waals surface area (Å²) in [6.45, 7) is 4.02. The SMILES string of the molecule is CC1(C(CC(=O)Nc2ccc(C3CCOCC3)nc2)C2CCC2)CC1. The Balaban J connectivity index is 1.34. The topological polar surface area (TPSA) is 51.2 Å². The van der Waals surface area contributed by atoms with Crippen LogP contribution in [0.25, 0.3) is 0 Å². The first-order valence-corrected chi connectivity index (χ1v) is 9.98. The van der Waals surface area contributed by atoms with E-state index >= 15 is 0 Å². The highest BCUT2D eigenvalue weighted by atomic mass is 16.5. The van der Waals surface area contributed by atoms with Gasteiger partial charge in [0, 0.05) is 31.2 Å². The minimum atomic E-state index is 0.158. The highest BCUT2D eigenvalue weighted by Crippen LogP contribution is 2.58. The van der Waals surface area contributed by atoms with Crippen LogP contribution in [0, 0.1) is 17.3 Å². The van der Waals surface area contributed by atoms with Gasteiger partial charge in [-0.15, -0.1) is 0 Å². The van der Waals surface area contributed by atoms with Gasteiger partial charge in [0.15, 0.2) is 0 Å². The quantitative estimate of drug-likeness (QED) is 0.827. The number of carbonyl (C=O) groups is 1. The van der Waals surface area contributed by atoms with E-state index in [0.717, 1.165) is 43.4 Å². The van der Waals surface area contributed by atoms with Crippen LogP contribution in [0.2, 0.25) is 0 Å². The summed E-state index contributed by atoms with van der Waals surface area (Å²) in [5, 5.41) is 3.08. The van der Waals surface area contributed by atoms with Crippen molar-refractivity contribution in [2.45, 2.75) is 64.2 Å². The smallest absolute Gasteiger partial charge is 0.224 e. The monoisotopic (exact) mass is 342 g/mol. The van der Waals surface area contributed by atoms with E-state index in [4.69, 9.17) is 4.74 Å². The van der Waals surface area contributed by atoms with E-state index in [9.17, 15) is 4.79 Å². The number of hydrogen-bond donors (Lipinski definition) is 1. The molecule has 1 amide bonds.